The van der Waals surface area contributed by atoms with Crippen LogP contribution in [0.25, 0.3) is 0 Å². The minimum atomic E-state index is -2.91. The molecule has 1 aromatic rings. The molecule has 17 heavy (non-hydrogen) atoms. The van der Waals surface area contributed by atoms with Crippen LogP contribution >= 0.6 is 0 Å². The van der Waals surface area contributed by atoms with Gasteiger partial charge < -0.3 is 25.4 Å². The van der Waals surface area contributed by atoms with Crippen LogP contribution in [0.3, 0.4) is 0 Å². The summed E-state index contributed by atoms with van der Waals surface area (Å²) in [6.45, 7) is 0. The highest BCUT2D eigenvalue weighted by Gasteiger charge is 2.24. The molecule has 0 amide bonds. The number of rotatable bonds is 5. The quantitative estimate of drug-likeness (QED) is 0.684. The van der Waals surface area contributed by atoms with Crippen molar-refractivity contribution in [3.05, 3.63) is 23.8 Å². The number of carboxylic acid groups (broad SMARTS) is 1. The molecule has 0 aromatic heterocycles. The van der Waals surface area contributed by atoms with E-state index in [4.69, 9.17) is 19.1 Å². The minimum Gasteiger partial charge on any atom is -0.493 e. The number of aliphatic hydroxyl groups excluding tert-OH is 1. The number of carboxylic acids is 1. The molecule has 0 heterocycles. The maximum absolute atomic E-state index is 10.8. The topological polar surface area (TPSA) is 102 Å². The SMILES string of the molecule is [2H]C([2H])([2H])Oc1ccc([C@@H](O)[C@H](N)C(=O)O)cc1OC([2H])([2H])[2H]. The molecule has 2 atom stereocenters. The number of carbonyl (C=O) groups is 1. The number of hydrogen-bond acceptors (Lipinski definition) is 5. The van der Waals surface area contributed by atoms with Gasteiger partial charge in [-0.05, 0) is 17.7 Å². The summed E-state index contributed by atoms with van der Waals surface area (Å²) in [6.07, 6.45) is -1.66. The molecule has 94 valence electrons. The van der Waals surface area contributed by atoms with Gasteiger partial charge in [-0.1, -0.05) is 6.07 Å². The predicted octanol–water partition coefficient (Wildman–Crippen LogP) is 0.149. The number of ether oxygens (including phenoxy) is 2. The van der Waals surface area contributed by atoms with Crippen LogP contribution in [0.15, 0.2) is 18.2 Å². The van der Waals surface area contributed by atoms with Gasteiger partial charge in [0.25, 0.3) is 0 Å². The average Bonchev–Trinajstić information content (AvgIpc) is 2.35. The molecule has 0 spiro atoms. The van der Waals surface area contributed by atoms with E-state index in [1.807, 2.05) is 0 Å². The number of aliphatic carboxylic acids is 1. The average molecular weight is 247 g/mol. The van der Waals surface area contributed by atoms with Gasteiger partial charge >= 0.3 is 5.97 Å². The van der Waals surface area contributed by atoms with Gasteiger partial charge in [0.05, 0.1) is 22.3 Å². The van der Waals surface area contributed by atoms with Crippen molar-refractivity contribution in [2.24, 2.45) is 5.73 Å². The first-order chi connectivity index (χ1) is 10.3. The smallest absolute Gasteiger partial charge is 0.323 e. The zero-order valence-corrected chi connectivity index (χ0v) is 8.58. The second-order valence-corrected chi connectivity index (χ2v) is 3.22. The van der Waals surface area contributed by atoms with Crippen molar-refractivity contribution in [2.75, 3.05) is 14.1 Å². The van der Waals surface area contributed by atoms with E-state index < -0.39 is 43.7 Å². The van der Waals surface area contributed by atoms with E-state index in [-0.39, 0.29) is 5.56 Å². The zero-order chi connectivity index (χ0) is 18.0. The Labute approximate surface area is 107 Å². The molecule has 0 fully saturated rings. The Bertz CT molecular complexity index is 573. The summed E-state index contributed by atoms with van der Waals surface area (Å²) in [5, 5.41) is 18.6. The molecule has 1 rings (SSSR count). The Balaban J connectivity index is 3.23. The highest BCUT2D eigenvalue weighted by atomic mass is 16.5. The van der Waals surface area contributed by atoms with E-state index in [1.54, 1.807) is 0 Å². The van der Waals surface area contributed by atoms with Gasteiger partial charge in [0.15, 0.2) is 11.5 Å². The molecule has 0 bridgehead atoms. The first kappa shape index (κ1) is 6.83. The summed E-state index contributed by atoms with van der Waals surface area (Å²) in [4.78, 5) is 10.8. The lowest BCUT2D eigenvalue weighted by Gasteiger charge is -2.17. The molecular formula is C11H15NO5. The van der Waals surface area contributed by atoms with Crippen molar-refractivity contribution in [3.8, 4) is 11.5 Å². The van der Waals surface area contributed by atoms with Gasteiger partial charge in [-0.25, -0.2) is 0 Å². The van der Waals surface area contributed by atoms with E-state index >= 15 is 0 Å². The van der Waals surface area contributed by atoms with Crippen molar-refractivity contribution < 1.29 is 32.7 Å². The van der Waals surface area contributed by atoms with Gasteiger partial charge in [-0.3, -0.25) is 4.79 Å². The largest absolute Gasteiger partial charge is 0.493 e. The molecule has 0 radical (unpaired) electrons. The van der Waals surface area contributed by atoms with Crippen LogP contribution in [-0.4, -0.2) is 36.3 Å². The van der Waals surface area contributed by atoms with Gasteiger partial charge in [0, 0.05) is 0 Å². The van der Waals surface area contributed by atoms with Crippen LogP contribution in [0.1, 0.15) is 19.9 Å². The summed E-state index contributed by atoms with van der Waals surface area (Å²) >= 11 is 0. The molecule has 4 N–H and O–H groups in total. The summed E-state index contributed by atoms with van der Waals surface area (Å²) in [7, 11) is -5.77. The number of benzene rings is 1. The first-order valence-electron chi connectivity index (χ1n) is 7.48. The van der Waals surface area contributed by atoms with E-state index in [9.17, 15) is 9.90 Å². The Hall–Kier alpha value is -1.79. The van der Waals surface area contributed by atoms with E-state index in [0.717, 1.165) is 18.2 Å². The number of hydrogen-bond donors (Lipinski definition) is 3. The van der Waals surface area contributed by atoms with Crippen LogP contribution in [0.4, 0.5) is 0 Å². The number of methoxy groups -OCH3 is 2. The first-order valence-corrected chi connectivity index (χ1v) is 4.48. The lowest BCUT2D eigenvalue weighted by molar-refractivity contribution is -0.141. The standard InChI is InChI=1S/C11H15NO5/c1-16-7-4-3-6(5-8(7)17-2)10(13)9(12)11(14)15/h3-5,9-10,13H,12H2,1-2H3,(H,14,15)/t9-,10+/m0/s1/i1D3,2D3. The maximum Gasteiger partial charge on any atom is 0.323 e. The lowest BCUT2D eigenvalue weighted by Crippen LogP contribution is -2.36. The molecule has 0 aliphatic carbocycles. The number of nitrogens with two attached hydrogens (primary N) is 1. The van der Waals surface area contributed by atoms with Crippen molar-refractivity contribution in [2.45, 2.75) is 12.1 Å². The Morgan fingerprint density at radius 1 is 1.41 bits per heavy atom. The second kappa shape index (κ2) is 5.51. The lowest BCUT2D eigenvalue weighted by atomic mass is 10.0. The summed E-state index contributed by atoms with van der Waals surface area (Å²) in [5.74, 6) is -2.37. The molecule has 0 saturated heterocycles. The second-order valence-electron chi connectivity index (χ2n) is 3.22. The summed E-state index contributed by atoms with van der Waals surface area (Å²) < 4.78 is 51.5. The highest BCUT2D eigenvalue weighted by Crippen LogP contribution is 2.30. The van der Waals surface area contributed by atoms with Gasteiger partial charge in [0.1, 0.15) is 12.1 Å². The van der Waals surface area contributed by atoms with Crippen LogP contribution in [0, 0.1) is 0 Å². The van der Waals surface area contributed by atoms with Crippen molar-refractivity contribution in [1.82, 2.24) is 0 Å². The van der Waals surface area contributed by atoms with Gasteiger partial charge in [0.2, 0.25) is 0 Å². The van der Waals surface area contributed by atoms with E-state index in [0.29, 0.717) is 0 Å². The van der Waals surface area contributed by atoms with Crippen LogP contribution in [0.5, 0.6) is 11.5 Å². The Morgan fingerprint density at radius 2 is 2.06 bits per heavy atom. The fourth-order valence-corrected chi connectivity index (χ4v) is 1.22. The molecule has 0 aliphatic heterocycles. The third-order valence-corrected chi connectivity index (χ3v) is 2.15. The van der Waals surface area contributed by atoms with E-state index in [2.05, 4.69) is 9.47 Å². The summed E-state index contributed by atoms with van der Waals surface area (Å²) in [5.41, 5.74) is 5.21. The minimum absolute atomic E-state index is 0.0722. The molecule has 0 aliphatic rings. The van der Waals surface area contributed by atoms with Crippen LogP contribution < -0.4 is 15.2 Å². The maximum atomic E-state index is 10.8. The zero-order valence-electron chi connectivity index (χ0n) is 14.6. The van der Waals surface area contributed by atoms with Crippen molar-refractivity contribution in [1.29, 1.82) is 0 Å². The number of aliphatic hydroxyl groups is 1. The molecule has 0 unspecified atom stereocenters. The molecule has 1 aromatic carbocycles. The molecule has 6 heteroatoms. The highest BCUT2D eigenvalue weighted by molar-refractivity contribution is 5.74. The monoisotopic (exact) mass is 247 g/mol. The summed E-state index contributed by atoms with van der Waals surface area (Å²) in [6, 6.07) is 1.49. The van der Waals surface area contributed by atoms with Gasteiger partial charge in [-0.2, -0.15) is 0 Å². The Morgan fingerprint density at radius 3 is 2.65 bits per heavy atom. The van der Waals surface area contributed by atoms with Gasteiger partial charge in [-0.15, -0.1) is 0 Å². The Kier molecular flexibility index (Phi) is 2.21. The normalized spacial score (nSPS) is 20.6. The fraction of sp³-hybridized carbons (Fsp3) is 0.364. The van der Waals surface area contributed by atoms with E-state index in [1.165, 1.54) is 0 Å². The third kappa shape index (κ3) is 2.86. The predicted molar refractivity (Wildman–Crippen MR) is 60.1 cm³/mol. The third-order valence-electron chi connectivity index (χ3n) is 2.15. The van der Waals surface area contributed by atoms with Crippen LogP contribution in [-0.2, 0) is 4.79 Å². The molecule has 0 saturated carbocycles. The molecular weight excluding hydrogens is 226 g/mol. The van der Waals surface area contributed by atoms with Crippen LogP contribution in [0.2, 0.25) is 0 Å². The van der Waals surface area contributed by atoms with Crippen molar-refractivity contribution in [3.63, 3.8) is 0 Å². The van der Waals surface area contributed by atoms with Crippen molar-refractivity contribution >= 4 is 5.97 Å². The molecule has 6 nitrogen and oxygen atoms in total. The fourth-order valence-electron chi connectivity index (χ4n) is 1.22.